The summed E-state index contributed by atoms with van der Waals surface area (Å²) in [6.07, 6.45) is 0. The summed E-state index contributed by atoms with van der Waals surface area (Å²) in [5.74, 6) is -1.80. The molecule has 2 rings (SSSR count). The van der Waals surface area contributed by atoms with Gasteiger partial charge in [-0.25, -0.2) is 0 Å². The molecule has 0 fully saturated rings. The average Bonchev–Trinajstić information content (AvgIpc) is 3.00. The van der Waals surface area contributed by atoms with Gasteiger partial charge in [-0.1, -0.05) is 6.07 Å². The highest BCUT2D eigenvalue weighted by atomic mass is 32.1. The number of anilines is 1. The Morgan fingerprint density at radius 1 is 1.05 bits per heavy atom. The summed E-state index contributed by atoms with van der Waals surface area (Å²) in [7, 11) is 0. The highest BCUT2D eigenvalue weighted by Gasteiger charge is 2.09. The number of rotatable bonds is 5. The van der Waals surface area contributed by atoms with Crippen LogP contribution in [0.25, 0.3) is 0 Å². The van der Waals surface area contributed by atoms with Crippen LogP contribution >= 0.6 is 11.3 Å². The fourth-order valence-electron chi connectivity index (χ4n) is 1.56. The summed E-state index contributed by atoms with van der Waals surface area (Å²) in [5, 5.41) is 15.3. The molecule has 0 saturated heterocycles. The highest BCUT2D eigenvalue weighted by Crippen LogP contribution is 2.14. The van der Waals surface area contributed by atoms with Crippen molar-refractivity contribution >= 4 is 34.8 Å². The summed E-state index contributed by atoms with van der Waals surface area (Å²) in [4.78, 5) is 34.4. The van der Waals surface area contributed by atoms with E-state index in [0.717, 1.165) is 0 Å². The zero-order valence-electron chi connectivity index (χ0n) is 10.8. The Kier molecular flexibility index (Phi) is 4.68. The smallest absolute Gasteiger partial charge is 0.322 e. The van der Waals surface area contributed by atoms with Gasteiger partial charge in [-0.15, -0.1) is 11.3 Å². The van der Waals surface area contributed by atoms with E-state index in [1.807, 2.05) is 5.38 Å². The predicted molar refractivity (Wildman–Crippen MR) is 78.7 cm³/mol. The first-order valence-corrected chi connectivity index (χ1v) is 6.89. The van der Waals surface area contributed by atoms with Crippen LogP contribution in [-0.2, 0) is 4.79 Å². The summed E-state index contributed by atoms with van der Waals surface area (Å²) in [6, 6.07) is 9.70. The van der Waals surface area contributed by atoms with Crippen LogP contribution < -0.4 is 10.6 Å². The highest BCUT2D eigenvalue weighted by molar-refractivity contribution is 7.12. The minimum absolute atomic E-state index is 0.215. The molecule has 21 heavy (non-hydrogen) atoms. The lowest BCUT2D eigenvalue weighted by molar-refractivity contribution is -0.135. The van der Waals surface area contributed by atoms with E-state index in [1.54, 1.807) is 24.3 Å². The molecule has 2 amide bonds. The number of carboxylic acid groups (broad SMARTS) is 1. The lowest BCUT2D eigenvalue weighted by Gasteiger charge is -2.05. The van der Waals surface area contributed by atoms with Crippen molar-refractivity contribution in [2.75, 3.05) is 11.9 Å². The molecule has 0 saturated carbocycles. The molecule has 0 spiro atoms. The van der Waals surface area contributed by atoms with Gasteiger partial charge in [-0.05, 0) is 35.7 Å². The third-order valence-electron chi connectivity index (χ3n) is 2.55. The van der Waals surface area contributed by atoms with Gasteiger partial charge in [0, 0.05) is 11.3 Å². The van der Waals surface area contributed by atoms with Gasteiger partial charge in [0.15, 0.2) is 0 Å². The van der Waals surface area contributed by atoms with E-state index in [2.05, 4.69) is 10.6 Å². The van der Waals surface area contributed by atoms with Gasteiger partial charge in [0.1, 0.15) is 6.54 Å². The largest absolute Gasteiger partial charge is 0.480 e. The molecular formula is C14H12N2O4S. The molecule has 0 aliphatic heterocycles. The molecule has 0 bridgehead atoms. The zero-order chi connectivity index (χ0) is 15.2. The Morgan fingerprint density at radius 3 is 2.33 bits per heavy atom. The lowest BCUT2D eigenvalue weighted by atomic mass is 10.2. The standard InChI is InChI=1S/C14H12N2O4S/c17-12(18)8-15-13(19)9-3-5-10(6-4-9)16-14(20)11-2-1-7-21-11/h1-7H,8H2,(H,15,19)(H,16,20)(H,17,18). The van der Waals surface area contributed by atoms with Gasteiger partial charge < -0.3 is 15.7 Å². The fraction of sp³-hybridized carbons (Fsp3) is 0.0714. The van der Waals surface area contributed by atoms with E-state index in [1.165, 1.54) is 23.5 Å². The second-order valence-electron chi connectivity index (χ2n) is 4.09. The summed E-state index contributed by atoms with van der Waals surface area (Å²) >= 11 is 1.34. The normalized spacial score (nSPS) is 9.90. The molecule has 0 aliphatic carbocycles. The second kappa shape index (κ2) is 6.67. The number of carboxylic acids is 1. The third kappa shape index (κ3) is 4.15. The summed E-state index contributed by atoms with van der Waals surface area (Å²) in [6.45, 7) is -0.435. The number of nitrogens with one attached hydrogen (secondary N) is 2. The van der Waals surface area contributed by atoms with E-state index in [4.69, 9.17) is 5.11 Å². The SMILES string of the molecule is O=C(O)CNC(=O)c1ccc(NC(=O)c2cccs2)cc1. The zero-order valence-corrected chi connectivity index (χ0v) is 11.6. The Bertz CT molecular complexity index is 650. The molecule has 2 aromatic rings. The molecule has 0 radical (unpaired) electrons. The number of hydrogen-bond acceptors (Lipinski definition) is 4. The van der Waals surface area contributed by atoms with Crippen LogP contribution in [0.2, 0.25) is 0 Å². The Morgan fingerprint density at radius 2 is 1.76 bits per heavy atom. The molecule has 0 aliphatic rings. The summed E-state index contributed by atoms with van der Waals surface area (Å²) < 4.78 is 0. The molecule has 108 valence electrons. The topological polar surface area (TPSA) is 95.5 Å². The molecule has 7 heteroatoms. The number of benzene rings is 1. The molecule has 1 aromatic heterocycles. The van der Waals surface area contributed by atoms with E-state index in [9.17, 15) is 14.4 Å². The van der Waals surface area contributed by atoms with Gasteiger partial charge in [0.25, 0.3) is 11.8 Å². The van der Waals surface area contributed by atoms with Crippen LogP contribution in [0.1, 0.15) is 20.0 Å². The maximum absolute atomic E-state index is 11.8. The van der Waals surface area contributed by atoms with Crippen molar-refractivity contribution in [2.45, 2.75) is 0 Å². The van der Waals surface area contributed by atoms with Crippen LogP contribution in [0.15, 0.2) is 41.8 Å². The van der Waals surface area contributed by atoms with Crippen molar-refractivity contribution in [1.82, 2.24) is 5.32 Å². The van der Waals surface area contributed by atoms with Crippen molar-refractivity contribution < 1.29 is 19.5 Å². The first kappa shape index (κ1) is 14.7. The molecular weight excluding hydrogens is 292 g/mol. The number of thiophene rings is 1. The number of amides is 2. The number of aliphatic carboxylic acids is 1. The maximum Gasteiger partial charge on any atom is 0.322 e. The van der Waals surface area contributed by atoms with Crippen molar-refractivity contribution in [3.05, 3.63) is 52.2 Å². The number of carbonyl (C=O) groups excluding carboxylic acids is 2. The first-order valence-electron chi connectivity index (χ1n) is 6.01. The monoisotopic (exact) mass is 304 g/mol. The van der Waals surface area contributed by atoms with E-state index >= 15 is 0 Å². The molecule has 1 aromatic carbocycles. The Labute approximate surface area is 124 Å². The van der Waals surface area contributed by atoms with Gasteiger partial charge in [0.2, 0.25) is 0 Å². The fourth-order valence-corrected chi connectivity index (χ4v) is 2.18. The minimum Gasteiger partial charge on any atom is -0.480 e. The van der Waals surface area contributed by atoms with E-state index < -0.39 is 18.4 Å². The molecule has 0 unspecified atom stereocenters. The molecule has 6 nitrogen and oxygen atoms in total. The first-order chi connectivity index (χ1) is 10.1. The lowest BCUT2D eigenvalue weighted by Crippen LogP contribution is -2.29. The van der Waals surface area contributed by atoms with Crippen LogP contribution in [0.4, 0.5) is 5.69 Å². The van der Waals surface area contributed by atoms with E-state index in [0.29, 0.717) is 16.1 Å². The molecule has 3 N–H and O–H groups in total. The van der Waals surface area contributed by atoms with Crippen LogP contribution in [0.5, 0.6) is 0 Å². The van der Waals surface area contributed by atoms with Gasteiger partial charge in [-0.2, -0.15) is 0 Å². The van der Waals surface area contributed by atoms with Crippen molar-refractivity contribution in [3.8, 4) is 0 Å². The van der Waals surface area contributed by atoms with Crippen molar-refractivity contribution in [1.29, 1.82) is 0 Å². The molecule has 0 atom stereocenters. The third-order valence-corrected chi connectivity index (χ3v) is 3.42. The van der Waals surface area contributed by atoms with Crippen LogP contribution in [0, 0.1) is 0 Å². The average molecular weight is 304 g/mol. The van der Waals surface area contributed by atoms with Crippen molar-refractivity contribution in [3.63, 3.8) is 0 Å². The van der Waals surface area contributed by atoms with Crippen LogP contribution in [-0.4, -0.2) is 29.4 Å². The van der Waals surface area contributed by atoms with Crippen LogP contribution in [0.3, 0.4) is 0 Å². The van der Waals surface area contributed by atoms with Crippen molar-refractivity contribution in [2.24, 2.45) is 0 Å². The Hall–Kier alpha value is -2.67. The maximum atomic E-state index is 11.8. The van der Waals surface area contributed by atoms with Gasteiger partial charge in [-0.3, -0.25) is 14.4 Å². The minimum atomic E-state index is -1.11. The second-order valence-corrected chi connectivity index (χ2v) is 5.03. The van der Waals surface area contributed by atoms with Gasteiger partial charge in [0.05, 0.1) is 4.88 Å². The van der Waals surface area contributed by atoms with Gasteiger partial charge >= 0.3 is 5.97 Å². The Balaban J connectivity index is 1.97. The molecule has 1 heterocycles. The quantitative estimate of drug-likeness (QED) is 0.785. The number of carbonyl (C=O) groups is 3. The number of hydrogen-bond donors (Lipinski definition) is 3. The van der Waals surface area contributed by atoms with E-state index in [-0.39, 0.29) is 5.91 Å². The predicted octanol–water partition coefficient (Wildman–Crippen LogP) is 1.81. The summed E-state index contributed by atoms with van der Waals surface area (Å²) in [5.41, 5.74) is 0.883.